The molecule has 0 unspecified atom stereocenters. The predicted octanol–water partition coefficient (Wildman–Crippen LogP) is 3.62. The number of aromatic amines is 1. The lowest BCUT2D eigenvalue weighted by Crippen LogP contribution is -2.18. The number of fused-ring (bicyclic) bond motifs is 3. The van der Waals surface area contributed by atoms with Crippen molar-refractivity contribution in [2.45, 2.75) is 39.2 Å². The number of aromatic nitrogens is 2. The van der Waals surface area contributed by atoms with Crippen molar-refractivity contribution >= 4 is 27.5 Å². The molecule has 25 heavy (non-hydrogen) atoms. The summed E-state index contributed by atoms with van der Waals surface area (Å²) in [6.07, 6.45) is 3.74. The Morgan fingerprint density at radius 2 is 2.36 bits per heavy atom. The number of hydrogen-bond acceptors (Lipinski definition) is 6. The Bertz CT molecular complexity index is 987. The van der Waals surface area contributed by atoms with Gasteiger partial charge in [0.05, 0.1) is 11.6 Å². The molecule has 1 N–H and O–H groups in total. The molecule has 3 aromatic heterocycles. The molecule has 0 bridgehead atoms. The molecule has 0 aliphatic heterocycles. The highest BCUT2D eigenvalue weighted by Crippen LogP contribution is 2.36. The molecule has 1 aliphatic rings. The molecule has 2 atom stereocenters. The predicted molar refractivity (Wildman–Crippen MR) is 94.0 cm³/mol. The van der Waals surface area contributed by atoms with Crippen molar-refractivity contribution < 1.29 is 13.9 Å². The Kier molecular flexibility index (Phi) is 3.95. The Balaban J connectivity index is 1.67. The van der Waals surface area contributed by atoms with Crippen molar-refractivity contribution in [3.63, 3.8) is 0 Å². The van der Waals surface area contributed by atoms with Crippen molar-refractivity contribution in [2.24, 2.45) is 5.92 Å². The van der Waals surface area contributed by atoms with Crippen molar-refractivity contribution in [2.75, 3.05) is 0 Å². The number of ether oxygens (including phenoxy) is 1. The molecule has 3 aromatic rings. The number of carbonyl (C=O) groups excluding carboxylic acids is 1. The molecule has 0 amide bonds. The van der Waals surface area contributed by atoms with Gasteiger partial charge in [0.2, 0.25) is 5.76 Å². The summed E-state index contributed by atoms with van der Waals surface area (Å²) in [4.78, 5) is 33.9. The molecule has 3 heterocycles. The summed E-state index contributed by atoms with van der Waals surface area (Å²) in [6, 6.07) is 3.15. The summed E-state index contributed by atoms with van der Waals surface area (Å²) < 4.78 is 10.4. The molecule has 0 fully saturated rings. The maximum atomic E-state index is 12.6. The van der Waals surface area contributed by atoms with E-state index in [9.17, 15) is 9.59 Å². The van der Waals surface area contributed by atoms with Crippen LogP contribution < -0.4 is 5.56 Å². The van der Waals surface area contributed by atoms with E-state index in [1.54, 1.807) is 24.3 Å². The Morgan fingerprint density at radius 1 is 1.52 bits per heavy atom. The smallest absolute Gasteiger partial charge is 0.374 e. The number of hydrogen-bond donors (Lipinski definition) is 1. The van der Waals surface area contributed by atoms with E-state index in [4.69, 9.17) is 9.15 Å². The van der Waals surface area contributed by atoms with E-state index in [1.165, 1.54) is 17.2 Å². The normalized spacial score (nSPS) is 18.1. The summed E-state index contributed by atoms with van der Waals surface area (Å²) in [5, 5.41) is 0.695. The standard InChI is InChI=1S/C18H18N2O4S/c1-9-5-6-11-13(8-9)25-17-14(11)16(21)19-15(20-17)10(2)24-18(22)12-4-3-7-23-12/h3-4,7,9-10H,5-6,8H2,1-2H3,(H,19,20,21)/t9-,10-/m1/s1. The number of rotatable bonds is 3. The average Bonchev–Trinajstić information content (AvgIpc) is 3.21. The van der Waals surface area contributed by atoms with Gasteiger partial charge in [0, 0.05) is 4.88 Å². The van der Waals surface area contributed by atoms with E-state index in [2.05, 4.69) is 16.9 Å². The molecule has 0 aromatic carbocycles. The van der Waals surface area contributed by atoms with Crippen LogP contribution in [0.4, 0.5) is 0 Å². The maximum absolute atomic E-state index is 12.6. The van der Waals surface area contributed by atoms with Crippen molar-refractivity contribution in [3.8, 4) is 0 Å². The van der Waals surface area contributed by atoms with E-state index in [0.717, 1.165) is 29.7 Å². The summed E-state index contributed by atoms with van der Waals surface area (Å²) in [5.74, 6) is 0.520. The number of carbonyl (C=O) groups is 1. The van der Waals surface area contributed by atoms with Crippen LogP contribution in [0.1, 0.15) is 53.2 Å². The molecule has 0 saturated heterocycles. The van der Waals surface area contributed by atoms with Gasteiger partial charge in [-0.2, -0.15) is 0 Å². The van der Waals surface area contributed by atoms with Gasteiger partial charge >= 0.3 is 5.97 Å². The highest BCUT2D eigenvalue weighted by molar-refractivity contribution is 7.18. The fourth-order valence-electron chi connectivity index (χ4n) is 3.23. The first-order chi connectivity index (χ1) is 12.0. The highest BCUT2D eigenvalue weighted by Gasteiger charge is 2.24. The van der Waals surface area contributed by atoms with Gasteiger partial charge in [0.15, 0.2) is 11.9 Å². The minimum Gasteiger partial charge on any atom is -0.457 e. The van der Waals surface area contributed by atoms with E-state index in [-0.39, 0.29) is 11.3 Å². The third kappa shape index (κ3) is 2.89. The molecule has 1 aliphatic carbocycles. The first kappa shape index (κ1) is 16.1. The fourth-order valence-corrected chi connectivity index (χ4v) is 4.62. The molecule has 6 nitrogen and oxygen atoms in total. The molecule has 0 radical (unpaired) electrons. The van der Waals surface area contributed by atoms with Crippen molar-refractivity contribution in [1.82, 2.24) is 9.97 Å². The molecular formula is C18H18N2O4S. The van der Waals surface area contributed by atoms with Gasteiger partial charge in [0.1, 0.15) is 4.83 Å². The van der Waals surface area contributed by atoms with Gasteiger partial charge < -0.3 is 14.1 Å². The van der Waals surface area contributed by atoms with Crippen LogP contribution in [-0.4, -0.2) is 15.9 Å². The van der Waals surface area contributed by atoms with Crippen molar-refractivity contribution in [3.05, 3.63) is 50.8 Å². The lowest BCUT2D eigenvalue weighted by Gasteiger charge is -2.17. The summed E-state index contributed by atoms with van der Waals surface area (Å²) in [6.45, 7) is 3.91. The topological polar surface area (TPSA) is 85.2 Å². The second-order valence-electron chi connectivity index (χ2n) is 6.51. The SMILES string of the molecule is C[C@@H]1CCc2c(sc3nc([C@@H](C)OC(=O)c4ccco4)[nH]c(=O)c23)C1. The molecule has 130 valence electrons. The summed E-state index contributed by atoms with van der Waals surface area (Å²) in [7, 11) is 0. The fraction of sp³-hybridized carbons (Fsp3) is 0.389. The van der Waals surface area contributed by atoms with Gasteiger partial charge in [-0.15, -0.1) is 11.3 Å². The quantitative estimate of drug-likeness (QED) is 0.723. The van der Waals surface area contributed by atoms with Crippen LogP contribution in [0.2, 0.25) is 0 Å². The molecule has 4 rings (SSSR count). The van der Waals surface area contributed by atoms with Crippen LogP contribution >= 0.6 is 11.3 Å². The third-order valence-electron chi connectivity index (χ3n) is 4.58. The summed E-state index contributed by atoms with van der Waals surface area (Å²) in [5.41, 5.74) is 0.978. The zero-order chi connectivity index (χ0) is 17.6. The van der Waals surface area contributed by atoms with E-state index in [1.807, 2.05) is 0 Å². The van der Waals surface area contributed by atoms with E-state index < -0.39 is 12.1 Å². The molecular weight excluding hydrogens is 340 g/mol. The Labute approximate surface area is 147 Å². The first-order valence-corrected chi connectivity index (χ1v) is 9.13. The first-order valence-electron chi connectivity index (χ1n) is 8.32. The average molecular weight is 358 g/mol. The number of H-pyrrole nitrogens is 1. The van der Waals surface area contributed by atoms with Gasteiger partial charge in [-0.3, -0.25) is 4.79 Å². The lowest BCUT2D eigenvalue weighted by molar-refractivity contribution is 0.0284. The van der Waals surface area contributed by atoms with Crippen LogP contribution in [0.5, 0.6) is 0 Å². The number of nitrogens with zero attached hydrogens (tertiary/aromatic N) is 1. The van der Waals surface area contributed by atoms with Crippen LogP contribution in [0, 0.1) is 5.92 Å². The van der Waals surface area contributed by atoms with E-state index >= 15 is 0 Å². The Hall–Kier alpha value is -2.41. The number of thiophene rings is 1. The van der Waals surface area contributed by atoms with Crippen LogP contribution in [0.25, 0.3) is 10.2 Å². The van der Waals surface area contributed by atoms with Crippen LogP contribution in [0.15, 0.2) is 27.6 Å². The number of aryl methyl sites for hydroxylation is 1. The van der Waals surface area contributed by atoms with Gasteiger partial charge in [-0.1, -0.05) is 6.92 Å². The summed E-state index contributed by atoms with van der Waals surface area (Å²) >= 11 is 1.58. The molecule has 7 heteroatoms. The third-order valence-corrected chi connectivity index (χ3v) is 5.72. The van der Waals surface area contributed by atoms with Gasteiger partial charge in [0.25, 0.3) is 5.56 Å². The van der Waals surface area contributed by atoms with E-state index in [0.29, 0.717) is 17.1 Å². The molecule has 0 saturated carbocycles. The second-order valence-corrected chi connectivity index (χ2v) is 7.59. The Morgan fingerprint density at radius 3 is 3.12 bits per heavy atom. The number of esters is 1. The zero-order valence-corrected chi connectivity index (χ0v) is 14.8. The lowest BCUT2D eigenvalue weighted by atomic mass is 9.89. The number of furan rings is 1. The van der Waals surface area contributed by atoms with Crippen molar-refractivity contribution in [1.29, 1.82) is 0 Å². The number of nitrogens with one attached hydrogen (secondary N) is 1. The minimum absolute atomic E-state index is 0.121. The highest BCUT2D eigenvalue weighted by atomic mass is 32.1. The second kappa shape index (κ2) is 6.15. The molecule has 0 spiro atoms. The minimum atomic E-state index is -0.673. The largest absolute Gasteiger partial charge is 0.457 e. The maximum Gasteiger partial charge on any atom is 0.374 e. The van der Waals surface area contributed by atoms with Crippen LogP contribution in [-0.2, 0) is 17.6 Å². The van der Waals surface area contributed by atoms with Gasteiger partial charge in [-0.25, -0.2) is 9.78 Å². The monoisotopic (exact) mass is 358 g/mol. The zero-order valence-electron chi connectivity index (χ0n) is 14.0. The van der Waals surface area contributed by atoms with Crippen LogP contribution in [0.3, 0.4) is 0 Å². The van der Waals surface area contributed by atoms with Gasteiger partial charge in [-0.05, 0) is 49.8 Å².